The number of aliphatic carboxylic acids is 1. The van der Waals surface area contributed by atoms with Gasteiger partial charge in [0, 0.05) is 32.2 Å². The highest BCUT2D eigenvalue weighted by Gasteiger charge is 2.56. The number of carbonyl (C=O) groups is 2. The fourth-order valence-corrected chi connectivity index (χ4v) is 6.85. The van der Waals surface area contributed by atoms with Gasteiger partial charge in [0.25, 0.3) is 0 Å². The maximum Gasteiger partial charge on any atom is 0.317 e. The molecule has 0 radical (unpaired) electrons. The minimum absolute atomic E-state index is 0.0313. The minimum atomic E-state index is -3.22. The number of rotatable bonds is 4. The third-order valence-electron chi connectivity index (χ3n) is 6.60. The zero-order valence-electron chi connectivity index (χ0n) is 14.9. The van der Waals surface area contributed by atoms with Crippen molar-refractivity contribution in [3.8, 4) is 0 Å². The number of nitrogens with one attached hydrogen (secondary N) is 1. The van der Waals surface area contributed by atoms with Crippen molar-refractivity contribution in [1.29, 1.82) is 0 Å². The summed E-state index contributed by atoms with van der Waals surface area (Å²) in [5.41, 5.74) is -0.786. The van der Waals surface area contributed by atoms with Gasteiger partial charge in [-0.15, -0.1) is 0 Å². The molecule has 3 atom stereocenters. The number of carbonyl (C=O) groups excluding carboxylic acids is 1. The van der Waals surface area contributed by atoms with Gasteiger partial charge in [-0.2, -0.15) is 4.31 Å². The van der Waals surface area contributed by atoms with Gasteiger partial charge in [-0.25, -0.2) is 13.2 Å². The summed E-state index contributed by atoms with van der Waals surface area (Å²) < 4.78 is 26.4. The number of amides is 2. The number of fused-ring (bicyclic) bond motifs is 1. The van der Waals surface area contributed by atoms with Crippen LogP contribution >= 0.6 is 0 Å². The Hall–Kier alpha value is -1.35. The third kappa shape index (κ3) is 2.98. The lowest BCUT2D eigenvalue weighted by molar-refractivity contribution is -0.149. The standard InChI is InChI=1S/C17H27N3O5S/c21-15(22)17-7-1-3-12(17)9-19(11-17)16(23)18-13-4-2-8-20(10-13)26(24,25)14-5-6-14/h12-14H,1-11H2,(H,18,23)(H,21,22)/t12-,13+,17+/m0/s1. The Balaban J connectivity index is 1.37. The Morgan fingerprint density at radius 3 is 2.50 bits per heavy atom. The van der Waals surface area contributed by atoms with Crippen LogP contribution in [0.1, 0.15) is 44.9 Å². The maximum atomic E-state index is 12.7. The van der Waals surface area contributed by atoms with E-state index >= 15 is 0 Å². The lowest BCUT2D eigenvalue weighted by Crippen LogP contribution is -2.53. The Bertz CT molecular complexity index is 707. The highest BCUT2D eigenvalue weighted by Crippen LogP contribution is 2.48. The van der Waals surface area contributed by atoms with Crippen LogP contribution in [0.2, 0.25) is 0 Å². The molecule has 4 aliphatic rings. The first-order valence-corrected chi connectivity index (χ1v) is 11.1. The molecule has 0 bridgehead atoms. The molecule has 146 valence electrons. The summed E-state index contributed by atoms with van der Waals surface area (Å²) in [6.07, 6.45) is 5.36. The van der Waals surface area contributed by atoms with Gasteiger partial charge in [0.2, 0.25) is 10.0 Å². The van der Waals surface area contributed by atoms with Gasteiger partial charge in [0.15, 0.2) is 0 Å². The molecular weight excluding hydrogens is 358 g/mol. The SMILES string of the molecule is O=C(N[C@@H]1CCCN(S(=O)(=O)C2CC2)C1)N1C[C@@H]2CCC[C@@]2(C(=O)O)C1. The van der Waals surface area contributed by atoms with Crippen molar-refractivity contribution in [3.63, 3.8) is 0 Å². The van der Waals surface area contributed by atoms with Crippen LogP contribution < -0.4 is 5.32 Å². The first kappa shape index (κ1) is 18.0. The highest BCUT2D eigenvalue weighted by atomic mass is 32.2. The van der Waals surface area contributed by atoms with Crippen molar-refractivity contribution in [1.82, 2.24) is 14.5 Å². The van der Waals surface area contributed by atoms with Gasteiger partial charge in [-0.3, -0.25) is 4.79 Å². The average molecular weight is 385 g/mol. The molecule has 26 heavy (non-hydrogen) atoms. The van der Waals surface area contributed by atoms with Crippen LogP contribution in [0.15, 0.2) is 0 Å². The Kier molecular flexibility index (Phi) is 4.42. The number of carboxylic acid groups (broad SMARTS) is 1. The van der Waals surface area contributed by atoms with E-state index in [-0.39, 0.29) is 29.8 Å². The van der Waals surface area contributed by atoms with Gasteiger partial charge in [-0.1, -0.05) is 6.42 Å². The van der Waals surface area contributed by atoms with Gasteiger partial charge in [0.05, 0.1) is 10.7 Å². The molecule has 2 amide bonds. The largest absolute Gasteiger partial charge is 0.481 e. The molecular formula is C17H27N3O5S. The third-order valence-corrected chi connectivity index (χ3v) is 8.97. The predicted molar refractivity (Wildman–Crippen MR) is 94.1 cm³/mol. The summed E-state index contributed by atoms with van der Waals surface area (Å²) in [7, 11) is -3.22. The molecule has 2 aliphatic carbocycles. The number of nitrogens with zero attached hydrogens (tertiary/aromatic N) is 2. The molecule has 2 saturated heterocycles. The van der Waals surface area contributed by atoms with Crippen molar-refractivity contribution >= 4 is 22.0 Å². The Morgan fingerprint density at radius 2 is 1.85 bits per heavy atom. The fourth-order valence-electron chi connectivity index (χ4n) is 4.93. The second-order valence-electron chi connectivity index (χ2n) is 8.32. The highest BCUT2D eigenvalue weighted by molar-refractivity contribution is 7.90. The summed E-state index contributed by atoms with van der Waals surface area (Å²) >= 11 is 0. The van der Waals surface area contributed by atoms with Crippen LogP contribution in [-0.2, 0) is 14.8 Å². The minimum Gasteiger partial charge on any atom is -0.481 e. The molecule has 4 rings (SSSR count). The van der Waals surface area contributed by atoms with Crippen LogP contribution in [0.4, 0.5) is 4.79 Å². The smallest absolute Gasteiger partial charge is 0.317 e. The molecule has 0 spiro atoms. The first-order chi connectivity index (χ1) is 12.3. The summed E-state index contributed by atoms with van der Waals surface area (Å²) in [5.74, 6) is -0.765. The summed E-state index contributed by atoms with van der Waals surface area (Å²) in [6, 6.07) is -0.457. The molecule has 2 saturated carbocycles. The van der Waals surface area contributed by atoms with Crippen LogP contribution in [0.25, 0.3) is 0 Å². The predicted octanol–water partition coefficient (Wildman–Crippen LogP) is 0.839. The normalized spacial score (nSPS) is 35.3. The second kappa shape index (κ2) is 6.37. The number of hydrogen-bond acceptors (Lipinski definition) is 4. The van der Waals surface area contributed by atoms with Gasteiger partial charge in [0.1, 0.15) is 0 Å². The molecule has 2 aliphatic heterocycles. The molecule has 0 aromatic carbocycles. The molecule has 0 aromatic heterocycles. The van der Waals surface area contributed by atoms with E-state index in [1.54, 1.807) is 4.90 Å². The average Bonchev–Trinajstić information content (AvgIpc) is 3.27. The molecule has 0 unspecified atom stereocenters. The van der Waals surface area contributed by atoms with Crippen LogP contribution in [-0.4, -0.2) is 72.2 Å². The number of piperidine rings is 1. The van der Waals surface area contributed by atoms with Crippen LogP contribution in [0, 0.1) is 11.3 Å². The molecule has 2 N–H and O–H groups in total. The van der Waals surface area contributed by atoms with E-state index in [1.807, 2.05) is 0 Å². The topological polar surface area (TPSA) is 107 Å². The lowest BCUT2D eigenvalue weighted by atomic mass is 9.81. The van der Waals surface area contributed by atoms with Crippen molar-refractivity contribution in [3.05, 3.63) is 0 Å². The van der Waals surface area contributed by atoms with Crippen molar-refractivity contribution in [2.45, 2.75) is 56.2 Å². The zero-order chi connectivity index (χ0) is 18.5. The van der Waals surface area contributed by atoms with E-state index in [1.165, 1.54) is 4.31 Å². The summed E-state index contributed by atoms with van der Waals surface area (Å²) in [5, 5.41) is 12.4. The first-order valence-electron chi connectivity index (χ1n) is 9.61. The monoisotopic (exact) mass is 385 g/mol. The van der Waals surface area contributed by atoms with E-state index in [0.717, 1.165) is 38.5 Å². The van der Waals surface area contributed by atoms with E-state index in [2.05, 4.69) is 5.32 Å². The van der Waals surface area contributed by atoms with Crippen molar-refractivity contribution < 1.29 is 23.1 Å². The molecule has 0 aromatic rings. The molecule has 2 heterocycles. The van der Waals surface area contributed by atoms with E-state index < -0.39 is 21.4 Å². The van der Waals surface area contributed by atoms with E-state index in [0.29, 0.717) is 26.1 Å². The fraction of sp³-hybridized carbons (Fsp3) is 0.882. The maximum absolute atomic E-state index is 12.7. The molecule has 9 heteroatoms. The molecule has 4 fully saturated rings. The van der Waals surface area contributed by atoms with Gasteiger partial charge in [-0.05, 0) is 44.4 Å². The number of carboxylic acids is 1. The summed E-state index contributed by atoms with van der Waals surface area (Å²) in [6.45, 7) is 1.59. The Morgan fingerprint density at radius 1 is 1.08 bits per heavy atom. The number of sulfonamides is 1. The lowest BCUT2D eigenvalue weighted by Gasteiger charge is -2.33. The molecule has 8 nitrogen and oxygen atoms in total. The number of urea groups is 1. The van der Waals surface area contributed by atoms with Crippen LogP contribution in [0.3, 0.4) is 0 Å². The van der Waals surface area contributed by atoms with E-state index in [9.17, 15) is 23.1 Å². The Labute approximate surface area is 154 Å². The number of likely N-dealkylation sites (tertiary alicyclic amines) is 1. The van der Waals surface area contributed by atoms with Crippen molar-refractivity contribution in [2.75, 3.05) is 26.2 Å². The number of hydrogen-bond donors (Lipinski definition) is 2. The zero-order valence-corrected chi connectivity index (χ0v) is 15.7. The summed E-state index contributed by atoms with van der Waals surface area (Å²) in [4.78, 5) is 26.0. The quantitative estimate of drug-likeness (QED) is 0.746. The van der Waals surface area contributed by atoms with Crippen LogP contribution in [0.5, 0.6) is 0 Å². The van der Waals surface area contributed by atoms with Crippen molar-refractivity contribution in [2.24, 2.45) is 11.3 Å². The second-order valence-corrected chi connectivity index (χ2v) is 10.5. The van der Waals surface area contributed by atoms with Gasteiger partial charge >= 0.3 is 12.0 Å². The van der Waals surface area contributed by atoms with E-state index in [4.69, 9.17) is 0 Å². The van der Waals surface area contributed by atoms with Gasteiger partial charge < -0.3 is 15.3 Å².